The van der Waals surface area contributed by atoms with Crippen molar-refractivity contribution in [1.82, 2.24) is 5.32 Å². The van der Waals surface area contributed by atoms with Crippen molar-refractivity contribution in [2.45, 2.75) is 19.4 Å². The van der Waals surface area contributed by atoms with Crippen molar-refractivity contribution in [3.8, 4) is 0 Å². The van der Waals surface area contributed by atoms with Crippen LogP contribution in [0.25, 0.3) is 0 Å². The van der Waals surface area contributed by atoms with E-state index in [9.17, 15) is 0 Å². The summed E-state index contributed by atoms with van der Waals surface area (Å²) in [6.07, 6.45) is 1.57. The summed E-state index contributed by atoms with van der Waals surface area (Å²) in [6, 6.07) is 0. The summed E-state index contributed by atoms with van der Waals surface area (Å²) in [5.74, 6) is 0. The molecule has 12 heavy (non-hydrogen) atoms. The van der Waals surface area contributed by atoms with Crippen molar-refractivity contribution in [1.29, 1.82) is 0 Å². The molecule has 1 heterocycles. The molecule has 1 N–H and O–H groups in total. The third kappa shape index (κ3) is 4.93. The van der Waals surface area contributed by atoms with E-state index in [1.807, 2.05) is 6.92 Å². The third-order valence-corrected chi connectivity index (χ3v) is 1.80. The number of halogens is 1. The molecule has 1 saturated heterocycles. The molecule has 1 unspecified atom stereocenters. The number of rotatable bonds is 5. The summed E-state index contributed by atoms with van der Waals surface area (Å²) in [5, 5.41) is 3.25. The molecule has 1 fully saturated rings. The van der Waals surface area contributed by atoms with Crippen molar-refractivity contribution < 1.29 is 9.47 Å². The van der Waals surface area contributed by atoms with E-state index in [2.05, 4.69) is 5.32 Å². The predicted molar refractivity (Wildman–Crippen MR) is 51.0 cm³/mol. The average molecular weight is 196 g/mol. The van der Waals surface area contributed by atoms with Gasteiger partial charge in [-0.15, -0.1) is 12.4 Å². The Morgan fingerprint density at radius 1 is 1.42 bits per heavy atom. The van der Waals surface area contributed by atoms with E-state index < -0.39 is 0 Å². The van der Waals surface area contributed by atoms with Crippen LogP contribution in [0.1, 0.15) is 13.3 Å². The largest absolute Gasteiger partial charge is 0.379 e. The maximum absolute atomic E-state index is 5.52. The molecular weight excluding hydrogens is 178 g/mol. The van der Waals surface area contributed by atoms with Gasteiger partial charge in [-0.25, -0.2) is 0 Å². The summed E-state index contributed by atoms with van der Waals surface area (Å²) < 4.78 is 10.7. The fraction of sp³-hybridized carbons (Fsp3) is 1.00. The van der Waals surface area contributed by atoms with Crippen LogP contribution in [0, 0.1) is 0 Å². The van der Waals surface area contributed by atoms with Crippen LogP contribution in [0.5, 0.6) is 0 Å². The smallest absolute Gasteiger partial charge is 0.0712 e. The lowest BCUT2D eigenvalue weighted by Crippen LogP contribution is -2.19. The maximum Gasteiger partial charge on any atom is 0.0712 e. The fourth-order valence-electron chi connectivity index (χ4n) is 1.19. The highest BCUT2D eigenvalue weighted by Gasteiger charge is 2.13. The number of hydrogen-bond acceptors (Lipinski definition) is 3. The van der Waals surface area contributed by atoms with Crippen molar-refractivity contribution in [3.05, 3.63) is 0 Å². The van der Waals surface area contributed by atoms with Crippen molar-refractivity contribution in [2.24, 2.45) is 0 Å². The third-order valence-electron chi connectivity index (χ3n) is 1.80. The van der Waals surface area contributed by atoms with Gasteiger partial charge in [-0.05, 0) is 19.9 Å². The minimum atomic E-state index is 0. The Hall–Kier alpha value is 0.170. The molecule has 1 atom stereocenters. The second-order valence-corrected chi connectivity index (χ2v) is 2.68. The van der Waals surface area contributed by atoms with Crippen LogP contribution >= 0.6 is 12.4 Å². The maximum atomic E-state index is 5.52. The Kier molecular flexibility index (Phi) is 7.91. The van der Waals surface area contributed by atoms with Crippen LogP contribution in [0.4, 0.5) is 0 Å². The predicted octanol–water partition coefficient (Wildman–Crippen LogP) is 0.823. The summed E-state index contributed by atoms with van der Waals surface area (Å²) in [4.78, 5) is 0. The van der Waals surface area contributed by atoms with Gasteiger partial charge >= 0.3 is 0 Å². The second kappa shape index (κ2) is 7.80. The quantitative estimate of drug-likeness (QED) is 0.660. The molecule has 0 aliphatic carbocycles. The van der Waals surface area contributed by atoms with Crippen LogP contribution in [-0.4, -0.2) is 39.0 Å². The van der Waals surface area contributed by atoms with Gasteiger partial charge in [0.05, 0.1) is 19.3 Å². The van der Waals surface area contributed by atoms with Crippen LogP contribution in [-0.2, 0) is 9.47 Å². The molecule has 0 aromatic carbocycles. The second-order valence-electron chi connectivity index (χ2n) is 2.68. The summed E-state index contributed by atoms with van der Waals surface area (Å²) in [7, 11) is 0. The van der Waals surface area contributed by atoms with Crippen LogP contribution in [0.15, 0.2) is 0 Å². The first-order chi connectivity index (χ1) is 5.43. The van der Waals surface area contributed by atoms with Crippen molar-refractivity contribution >= 4 is 12.4 Å². The Morgan fingerprint density at radius 2 is 2.25 bits per heavy atom. The van der Waals surface area contributed by atoms with Crippen molar-refractivity contribution in [2.75, 3.05) is 32.9 Å². The zero-order valence-electron chi connectivity index (χ0n) is 7.54. The van der Waals surface area contributed by atoms with Gasteiger partial charge in [-0.1, -0.05) is 0 Å². The highest BCUT2D eigenvalue weighted by molar-refractivity contribution is 5.85. The number of ether oxygens (including phenoxy) is 2. The SMILES string of the molecule is CCOCCOC1CCNC1.Cl. The van der Waals surface area contributed by atoms with E-state index in [1.54, 1.807) is 0 Å². The van der Waals surface area contributed by atoms with Crippen LogP contribution < -0.4 is 5.32 Å². The molecule has 0 saturated carbocycles. The minimum Gasteiger partial charge on any atom is -0.379 e. The van der Waals surface area contributed by atoms with E-state index in [0.717, 1.165) is 39.3 Å². The average Bonchev–Trinajstić information content (AvgIpc) is 2.50. The molecule has 1 rings (SSSR count). The number of nitrogens with one attached hydrogen (secondary N) is 1. The molecule has 0 amide bonds. The Bertz CT molecular complexity index is 97.1. The van der Waals surface area contributed by atoms with Gasteiger partial charge in [0.15, 0.2) is 0 Å². The summed E-state index contributed by atoms with van der Waals surface area (Å²) in [6.45, 7) is 6.35. The van der Waals surface area contributed by atoms with Gasteiger partial charge in [0.2, 0.25) is 0 Å². The van der Waals surface area contributed by atoms with E-state index >= 15 is 0 Å². The molecule has 0 bridgehead atoms. The molecule has 3 nitrogen and oxygen atoms in total. The van der Waals surface area contributed by atoms with E-state index in [1.165, 1.54) is 0 Å². The van der Waals surface area contributed by atoms with Crippen LogP contribution in [0.2, 0.25) is 0 Å². The normalized spacial score (nSPS) is 22.2. The first kappa shape index (κ1) is 12.2. The summed E-state index contributed by atoms with van der Waals surface area (Å²) >= 11 is 0. The molecule has 0 aromatic heterocycles. The molecular formula is C8H18ClNO2. The first-order valence-corrected chi connectivity index (χ1v) is 4.33. The zero-order valence-corrected chi connectivity index (χ0v) is 8.36. The molecule has 0 radical (unpaired) electrons. The lowest BCUT2D eigenvalue weighted by atomic mass is 10.3. The van der Waals surface area contributed by atoms with Crippen LogP contribution in [0.3, 0.4) is 0 Å². The van der Waals surface area contributed by atoms with Gasteiger partial charge in [0.25, 0.3) is 0 Å². The monoisotopic (exact) mass is 195 g/mol. The fourth-order valence-corrected chi connectivity index (χ4v) is 1.19. The Balaban J connectivity index is 0.00000121. The zero-order chi connectivity index (χ0) is 7.94. The Labute approximate surface area is 80.2 Å². The standard InChI is InChI=1S/C8H17NO2.ClH/c1-2-10-5-6-11-8-3-4-9-7-8;/h8-9H,2-7H2,1H3;1H. The molecule has 74 valence electrons. The summed E-state index contributed by atoms with van der Waals surface area (Å²) in [5.41, 5.74) is 0. The molecule has 0 spiro atoms. The van der Waals surface area contributed by atoms with E-state index in [4.69, 9.17) is 9.47 Å². The minimum absolute atomic E-state index is 0. The molecule has 4 heteroatoms. The van der Waals surface area contributed by atoms with E-state index in [0.29, 0.717) is 6.10 Å². The first-order valence-electron chi connectivity index (χ1n) is 4.33. The molecule has 0 aromatic rings. The highest BCUT2D eigenvalue weighted by Crippen LogP contribution is 2.01. The molecule has 1 aliphatic heterocycles. The molecule has 1 aliphatic rings. The van der Waals surface area contributed by atoms with Gasteiger partial charge in [0, 0.05) is 13.2 Å². The lowest BCUT2D eigenvalue weighted by Gasteiger charge is -2.09. The Morgan fingerprint density at radius 3 is 2.83 bits per heavy atom. The topological polar surface area (TPSA) is 30.5 Å². The van der Waals surface area contributed by atoms with Gasteiger partial charge in [-0.2, -0.15) is 0 Å². The van der Waals surface area contributed by atoms with Gasteiger partial charge in [-0.3, -0.25) is 0 Å². The number of hydrogen-bond donors (Lipinski definition) is 1. The van der Waals surface area contributed by atoms with Gasteiger partial charge < -0.3 is 14.8 Å². The highest BCUT2D eigenvalue weighted by atomic mass is 35.5. The van der Waals surface area contributed by atoms with Crippen molar-refractivity contribution in [3.63, 3.8) is 0 Å². The van der Waals surface area contributed by atoms with Gasteiger partial charge in [0.1, 0.15) is 0 Å². The van der Waals surface area contributed by atoms with E-state index in [-0.39, 0.29) is 12.4 Å². The lowest BCUT2D eigenvalue weighted by molar-refractivity contribution is 0.0162.